The second kappa shape index (κ2) is 6.71. The molecule has 106 valence electrons. The first-order valence-electron chi connectivity index (χ1n) is 5.66. The number of nitrogens with one attached hydrogen (secondary N) is 1. The molecule has 3 N–H and O–H groups in total. The molecule has 7 heteroatoms. The fourth-order valence-corrected chi connectivity index (χ4v) is 3.57. The summed E-state index contributed by atoms with van der Waals surface area (Å²) in [5, 5.41) is 4.69. The van der Waals surface area contributed by atoms with E-state index in [0.29, 0.717) is 11.4 Å². The van der Waals surface area contributed by atoms with Crippen LogP contribution >= 0.6 is 43.2 Å². The van der Waals surface area contributed by atoms with E-state index in [-0.39, 0.29) is 5.91 Å². The number of hydrogen-bond donors (Lipinski definition) is 2. The van der Waals surface area contributed by atoms with Crippen molar-refractivity contribution in [2.45, 2.75) is 6.04 Å². The van der Waals surface area contributed by atoms with Gasteiger partial charge < -0.3 is 15.8 Å². The highest BCUT2D eigenvalue weighted by Crippen LogP contribution is 2.35. The van der Waals surface area contributed by atoms with Crippen LogP contribution in [0.3, 0.4) is 0 Å². The zero-order chi connectivity index (χ0) is 14.7. The molecule has 0 radical (unpaired) electrons. The van der Waals surface area contributed by atoms with Gasteiger partial charge in [0.25, 0.3) is 0 Å². The molecule has 0 aliphatic rings. The van der Waals surface area contributed by atoms with E-state index in [0.717, 1.165) is 13.8 Å². The molecule has 0 bridgehead atoms. The lowest BCUT2D eigenvalue weighted by molar-refractivity contribution is -0.117. The van der Waals surface area contributed by atoms with Crippen LogP contribution in [0, 0.1) is 0 Å². The molecule has 1 aromatic heterocycles. The molecule has 2 rings (SSSR count). The summed E-state index contributed by atoms with van der Waals surface area (Å²) in [6, 6.07) is 6.56. The number of carbonyl (C=O) groups excluding carboxylic acids is 1. The van der Waals surface area contributed by atoms with Crippen LogP contribution in [0.5, 0.6) is 5.75 Å². The largest absolute Gasteiger partial charge is 0.495 e. The maximum atomic E-state index is 12.1. The van der Waals surface area contributed by atoms with Crippen molar-refractivity contribution >= 4 is 54.8 Å². The summed E-state index contributed by atoms with van der Waals surface area (Å²) in [6.07, 6.45) is 0. The second-order valence-corrected chi connectivity index (χ2v) is 6.64. The van der Waals surface area contributed by atoms with E-state index in [1.807, 2.05) is 23.6 Å². The van der Waals surface area contributed by atoms with Crippen molar-refractivity contribution in [3.8, 4) is 5.75 Å². The maximum absolute atomic E-state index is 12.1. The number of thiophene rings is 1. The highest BCUT2D eigenvalue weighted by atomic mass is 79.9. The Morgan fingerprint density at radius 1 is 1.40 bits per heavy atom. The monoisotopic (exact) mass is 418 g/mol. The number of anilines is 1. The van der Waals surface area contributed by atoms with Gasteiger partial charge in [-0.1, -0.05) is 6.07 Å². The Bertz CT molecular complexity index is 617. The SMILES string of the molecule is COc1cc(NC(=O)C(N)c2cccs2)c(Br)cc1Br. The highest BCUT2D eigenvalue weighted by Gasteiger charge is 2.18. The number of hydrogen-bond acceptors (Lipinski definition) is 4. The van der Waals surface area contributed by atoms with Gasteiger partial charge in [-0.05, 0) is 49.4 Å². The molecule has 0 aliphatic carbocycles. The second-order valence-electron chi connectivity index (χ2n) is 3.95. The number of rotatable bonds is 4. The molecule has 20 heavy (non-hydrogen) atoms. The van der Waals surface area contributed by atoms with Crippen LogP contribution in [-0.2, 0) is 4.79 Å². The lowest BCUT2D eigenvalue weighted by Crippen LogP contribution is -2.27. The Morgan fingerprint density at radius 3 is 2.75 bits per heavy atom. The van der Waals surface area contributed by atoms with Gasteiger partial charge in [0.1, 0.15) is 11.8 Å². The van der Waals surface area contributed by atoms with Crippen molar-refractivity contribution in [2.75, 3.05) is 12.4 Å². The molecule has 1 atom stereocenters. The first-order chi connectivity index (χ1) is 9.52. The summed E-state index contributed by atoms with van der Waals surface area (Å²) in [4.78, 5) is 13.0. The average molecular weight is 420 g/mol. The van der Waals surface area contributed by atoms with Crippen LogP contribution in [0.2, 0.25) is 0 Å². The number of halogens is 2. The molecule has 4 nitrogen and oxygen atoms in total. The first-order valence-corrected chi connectivity index (χ1v) is 8.12. The fraction of sp³-hybridized carbons (Fsp3) is 0.154. The Kier molecular flexibility index (Phi) is 5.20. The van der Waals surface area contributed by atoms with Gasteiger partial charge in [0.15, 0.2) is 0 Å². The first kappa shape index (κ1) is 15.5. The topological polar surface area (TPSA) is 64.3 Å². The smallest absolute Gasteiger partial charge is 0.246 e. The summed E-state index contributed by atoms with van der Waals surface area (Å²) < 4.78 is 6.75. The predicted molar refractivity (Wildman–Crippen MR) is 88.3 cm³/mol. The van der Waals surface area contributed by atoms with Crippen LogP contribution in [-0.4, -0.2) is 13.0 Å². The normalized spacial score (nSPS) is 12.0. The van der Waals surface area contributed by atoms with Gasteiger partial charge in [-0.3, -0.25) is 4.79 Å². The standard InChI is InChI=1S/C13H12Br2N2O2S/c1-19-10-6-9(7(14)5-8(10)15)17-13(18)12(16)11-3-2-4-20-11/h2-6,12H,16H2,1H3,(H,17,18). The molecule has 1 unspecified atom stereocenters. The van der Waals surface area contributed by atoms with Gasteiger partial charge in [0.05, 0.1) is 17.3 Å². The molecule has 0 aliphatic heterocycles. The van der Waals surface area contributed by atoms with E-state index in [4.69, 9.17) is 10.5 Å². The van der Waals surface area contributed by atoms with Crippen molar-refractivity contribution in [1.29, 1.82) is 0 Å². The van der Waals surface area contributed by atoms with Crippen molar-refractivity contribution in [2.24, 2.45) is 5.73 Å². The summed E-state index contributed by atoms with van der Waals surface area (Å²) in [7, 11) is 1.57. The third-order valence-electron chi connectivity index (χ3n) is 2.63. The fourth-order valence-electron chi connectivity index (χ4n) is 1.59. The van der Waals surface area contributed by atoms with Crippen molar-refractivity contribution in [1.82, 2.24) is 0 Å². The average Bonchev–Trinajstić information content (AvgIpc) is 2.94. The minimum Gasteiger partial charge on any atom is -0.495 e. The van der Waals surface area contributed by atoms with E-state index in [1.165, 1.54) is 11.3 Å². The predicted octanol–water partition coefficient (Wildman–Crippen LogP) is 3.92. The zero-order valence-electron chi connectivity index (χ0n) is 10.5. The van der Waals surface area contributed by atoms with E-state index < -0.39 is 6.04 Å². The Balaban J connectivity index is 2.19. The molecule has 1 amide bonds. The van der Waals surface area contributed by atoms with Crippen molar-refractivity contribution < 1.29 is 9.53 Å². The van der Waals surface area contributed by atoms with Gasteiger partial charge in [-0.25, -0.2) is 0 Å². The summed E-state index contributed by atoms with van der Waals surface area (Å²) >= 11 is 8.23. The van der Waals surface area contributed by atoms with Crippen LogP contribution in [0.4, 0.5) is 5.69 Å². The maximum Gasteiger partial charge on any atom is 0.246 e. The van der Waals surface area contributed by atoms with Gasteiger partial charge in [-0.2, -0.15) is 0 Å². The minimum absolute atomic E-state index is 0.266. The van der Waals surface area contributed by atoms with E-state index in [1.54, 1.807) is 13.2 Å². The van der Waals surface area contributed by atoms with Crippen LogP contribution in [0.15, 0.2) is 38.6 Å². The molecule has 0 spiro atoms. The Morgan fingerprint density at radius 2 is 2.15 bits per heavy atom. The van der Waals surface area contributed by atoms with E-state index in [9.17, 15) is 4.79 Å². The van der Waals surface area contributed by atoms with Gasteiger partial charge in [-0.15, -0.1) is 11.3 Å². The third kappa shape index (κ3) is 3.41. The molecule has 1 aromatic carbocycles. The lowest BCUT2D eigenvalue weighted by atomic mass is 10.2. The van der Waals surface area contributed by atoms with Crippen LogP contribution in [0.1, 0.15) is 10.9 Å². The number of methoxy groups -OCH3 is 1. The van der Waals surface area contributed by atoms with Crippen molar-refractivity contribution in [3.05, 3.63) is 43.5 Å². The van der Waals surface area contributed by atoms with Crippen LogP contribution < -0.4 is 15.8 Å². The number of ether oxygens (including phenoxy) is 1. The number of nitrogens with two attached hydrogens (primary N) is 1. The number of carbonyl (C=O) groups is 1. The van der Waals surface area contributed by atoms with E-state index >= 15 is 0 Å². The van der Waals surface area contributed by atoms with Gasteiger partial charge >= 0.3 is 0 Å². The molecule has 0 saturated heterocycles. The Labute approximate surface area is 137 Å². The quantitative estimate of drug-likeness (QED) is 0.789. The minimum atomic E-state index is -0.684. The van der Waals surface area contributed by atoms with E-state index in [2.05, 4.69) is 37.2 Å². The Hall–Kier alpha value is -0.890. The van der Waals surface area contributed by atoms with Crippen LogP contribution in [0.25, 0.3) is 0 Å². The molecular formula is C13H12Br2N2O2S. The van der Waals surface area contributed by atoms with Gasteiger partial charge in [0.2, 0.25) is 5.91 Å². The molecule has 0 fully saturated rings. The molecular weight excluding hydrogens is 408 g/mol. The highest BCUT2D eigenvalue weighted by molar-refractivity contribution is 9.11. The van der Waals surface area contributed by atoms with Crippen molar-refractivity contribution in [3.63, 3.8) is 0 Å². The molecule has 2 aromatic rings. The molecule has 0 saturated carbocycles. The summed E-state index contributed by atoms with van der Waals surface area (Å²) in [5.74, 6) is 0.366. The summed E-state index contributed by atoms with van der Waals surface area (Å²) in [5.41, 5.74) is 6.54. The zero-order valence-corrected chi connectivity index (χ0v) is 14.5. The lowest BCUT2D eigenvalue weighted by Gasteiger charge is -2.14. The number of amides is 1. The third-order valence-corrected chi connectivity index (χ3v) is 4.86. The molecule has 1 heterocycles. The van der Waals surface area contributed by atoms with Gasteiger partial charge in [0, 0.05) is 15.4 Å². The summed E-state index contributed by atoms with van der Waals surface area (Å²) in [6.45, 7) is 0. The number of benzene rings is 1.